The molecule has 0 radical (unpaired) electrons. The summed E-state index contributed by atoms with van der Waals surface area (Å²) in [6, 6.07) is 13.1. The minimum absolute atomic E-state index is 0.194. The second kappa shape index (κ2) is 8.20. The van der Waals surface area contributed by atoms with Crippen LogP contribution in [0.5, 0.6) is 5.75 Å². The van der Waals surface area contributed by atoms with E-state index in [1.807, 2.05) is 12.1 Å². The van der Waals surface area contributed by atoms with Gasteiger partial charge in [0.05, 0.1) is 5.69 Å². The number of anilines is 2. The van der Waals surface area contributed by atoms with Crippen molar-refractivity contribution in [3.8, 4) is 5.75 Å². The lowest BCUT2D eigenvalue weighted by atomic mass is 9.84. The number of aromatic hydroxyl groups is 1. The third-order valence-electron chi connectivity index (χ3n) is 6.05. The number of hydrogen-bond acceptors (Lipinski definition) is 3. The van der Waals surface area contributed by atoms with Crippen LogP contribution in [0.1, 0.15) is 56.4 Å². The molecule has 4 rings (SSSR count). The quantitative estimate of drug-likeness (QED) is 0.684. The number of piperidine rings is 1. The molecule has 0 spiro atoms. The van der Waals surface area contributed by atoms with Crippen molar-refractivity contribution in [2.45, 2.75) is 56.9 Å². The summed E-state index contributed by atoms with van der Waals surface area (Å²) in [4.78, 5) is 2.23. The monoisotopic (exact) mass is 368 g/mol. The molecule has 2 aromatic rings. The molecule has 1 saturated heterocycles. The second-order valence-electron chi connectivity index (χ2n) is 8.02. The summed E-state index contributed by atoms with van der Waals surface area (Å²) < 4.78 is 13.6. The first kappa shape index (κ1) is 18.1. The Morgan fingerprint density at radius 1 is 0.963 bits per heavy atom. The molecule has 0 aromatic heterocycles. The lowest BCUT2D eigenvalue weighted by molar-refractivity contribution is 0.441. The van der Waals surface area contributed by atoms with E-state index >= 15 is 0 Å². The summed E-state index contributed by atoms with van der Waals surface area (Å²) in [5.74, 6) is 0.743. The molecule has 2 fully saturated rings. The van der Waals surface area contributed by atoms with Crippen LogP contribution in [0.25, 0.3) is 0 Å². The van der Waals surface area contributed by atoms with Gasteiger partial charge in [0.25, 0.3) is 0 Å². The highest BCUT2D eigenvalue weighted by Gasteiger charge is 2.22. The van der Waals surface area contributed by atoms with E-state index in [0.29, 0.717) is 11.7 Å². The first-order chi connectivity index (χ1) is 13.2. The molecule has 1 saturated carbocycles. The van der Waals surface area contributed by atoms with Gasteiger partial charge in [-0.25, -0.2) is 4.39 Å². The van der Waals surface area contributed by atoms with Crippen molar-refractivity contribution in [1.82, 2.24) is 0 Å². The van der Waals surface area contributed by atoms with Crippen LogP contribution in [-0.2, 0) is 0 Å². The SMILES string of the molecule is Oc1ccc(C2CCCCC2)cc1N[C@@H]1CCCN(c2cccc(F)c2)C1. The van der Waals surface area contributed by atoms with E-state index < -0.39 is 0 Å². The van der Waals surface area contributed by atoms with Gasteiger partial charge in [-0.2, -0.15) is 0 Å². The van der Waals surface area contributed by atoms with Crippen LogP contribution < -0.4 is 10.2 Å². The number of rotatable bonds is 4. The van der Waals surface area contributed by atoms with Gasteiger partial charge < -0.3 is 15.3 Å². The third-order valence-corrected chi connectivity index (χ3v) is 6.05. The van der Waals surface area contributed by atoms with E-state index in [2.05, 4.69) is 22.3 Å². The van der Waals surface area contributed by atoms with Gasteiger partial charge in [0.2, 0.25) is 0 Å². The lowest BCUT2D eigenvalue weighted by Gasteiger charge is -2.35. The topological polar surface area (TPSA) is 35.5 Å². The second-order valence-corrected chi connectivity index (χ2v) is 8.02. The molecular weight excluding hydrogens is 339 g/mol. The van der Waals surface area contributed by atoms with Gasteiger partial charge in [-0.15, -0.1) is 0 Å². The van der Waals surface area contributed by atoms with Crippen LogP contribution in [-0.4, -0.2) is 24.2 Å². The number of hydrogen-bond donors (Lipinski definition) is 2. The fraction of sp³-hybridized carbons (Fsp3) is 0.478. The molecule has 27 heavy (non-hydrogen) atoms. The Labute approximate surface area is 161 Å². The summed E-state index contributed by atoms with van der Waals surface area (Å²) in [7, 11) is 0. The van der Waals surface area contributed by atoms with Gasteiger partial charge in [-0.1, -0.05) is 31.4 Å². The van der Waals surface area contributed by atoms with E-state index in [-0.39, 0.29) is 11.9 Å². The number of halogens is 1. The van der Waals surface area contributed by atoms with Gasteiger partial charge in [0, 0.05) is 24.8 Å². The van der Waals surface area contributed by atoms with Crippen LogP contribution >= 0.6 is 0 Å². The summed E-state index contributed by atoms with van der Waals surface area (Å²) in [5.41, 5.74) is 3.11. The average molecular weight is 368 g/mol. The first-order valence-corrected chi connectivity index (χ1v) is 10.3. The largest absolute Gasteiger partial charge is 0.506 e. The maximum Gasteiger partial charge on any atom is 0.138 e. The summed E-state index contributed by atoms with van der Waals surface area (Å²) in [6.45, 7) is 1.76. The predicted molar refractivity (Wildman–Crippen MR) is 109 cm³/mol. The molecule has 0 unspecified atom stereocenters. The van der Waals surface area contributed by atoms with Gasteiger partial charge in [0.15, 0.2) is 0 Å². The fourth-order valence-corrected chi connectivity index (χ4v) is 4.58. The van der Waals surface area contributed by atoms with Crippen molar-refractivity contribution in [3.05, 3.63) is 53.8 Å². The molecule has 4 heteroatoms. The van der Waals surface area contributed by atoms with Gasteiger partial charge in [0.1, 0.15) is 11.6 Å². The Morgan fingerprint density at radius 3 is 2.63 bits per heavy atom. The van der Waals surface area contributed by atoms with Gasteiger partial charge >= 0.3 is 0 Å². The highest BCUT2D eigenvalue weighted by atomic mass is 19.1. The smallest absolute Gasteiger partial charge is 0.138 e. The summed E-state index contributed by atoms with van der Waals surface area (Å²) in [5, 5.41) is 13.9. The number of benzene rings is 2. The minimum atomic E-state index is -0.194. The predicted octanol–water partition coefficient (Wildman–Crippen LogP) is 5.66. The van der Waals surface area contributed by atoms with Crippen LogP contribution in [0.2, 0.25) is 0 Å². The lowest BCUT2D eigenvalue weighted by Crippen LogP contribution is -2.42. The van der Waals surface area contributed by atoms with Crippen LogP contribution in [0.3, 0.4) is 0 Å². The first-order valence-electron chi connectivity index (χ1n) is 10.3. The van der Waals surface area contributed by atoms with Crippen molar-refractivity contribution >= 4 is 11.4 Å². The van der Waals surface area contributed by atoms with Gasteiger partial charge in [-0.3, -0.25) is 0 Å². The van der Waals surface area contributed by atoms with Crippen molar-refractivity contribution in [2.75, 3.05) is 23.3 Å². The summed E-state index contributed by atoms with van der Waals surface area (Å²) in [6.07, 6.45) is 8.56. The normalized spacial score (nSPS) is 21.2. The molecular formula is C23H29FN2O. The Hall–Kier alpha value is -2.23. The zero-order valence-corrected chi connectivity index (χ0v) is 15.8. The Bertz CT molecular complexity index is 773. The van der Waals surface area contributed by atoms with Crippen LogP contribution in [0.15, 0.2) is 42.5 Å². The molecule has 0 amide bonds. The van der Waals surface area contributed by atoms with E-state index in [0.717, 1.165) is 37.3 Å². The van der Waals surface area contributed by atoms with Crippen LogP contribution in [0, 0.1) is 5.82 Å². The molecule has 0 bridgehead atoms. The Balaban J connectivity index is 1.46. The minimum Gasteiger partial charge on any atom is -0.506 e. The molecule has 2 aliphatic rings. The van der Waals surface area contributed by atoms with Gasteiger partial charge in [-0.05, 0) is 67.5 Å². The van der Waals surface area contributed by atoms with Crippen molar-refractivity contribution in [1.29, 1.82) is 0 Å². The van der Waals surface area contributed by atoms with Crippen molar-refractivity contribution in [2.24, 2.45) is 0 Å². The standard InChI is InChI=1S/C23H29FN2O/c24-19-8-4-10-21(15-19)26-13-5-9-20(16-26)25-22-14-18(11-12-23(22)27)17-6-2-1-3-7-17/h4,8,10-12,14-15,17,20,25,27H,1-3,5-7,9,13,16H2/t20-/m1/s1. The molecule has 1 heterocycles. The highest BCUT2D eigenvalue weighted by molar-refractivity contribution is 5.59. The molecule has 1 atom stereocenters. The maximum atomic E-state index is 13.6. The van der Waals surface area contributed by atoms with E-state index in [9.17, 15) is 9.50 Å². The van der Waals surface area contributed by atoms with E-state index in [1.165, 1.54) is 43.7 Å². The Kier molecular flexibility index (Phi) is 5.51. The molecule has 1 aliphatic heterocycles. The van der Waals surface area contributed by atoms with E-state index in [1.54, 1.807) is 12.1 Å². The fourth-order valence-electron chi connectivity index (χ4n) is 4.58. The molecule has 2 N–H and O–H groups in total. The number of phenolic OH excluding ortho intramolecular Hbond substituents is 1. The maximum absolute atomic E-state index is 13.6. The number of nitrogens with one attached hydrogen (secondary N) is 1. The average Bonchev–Trinajstić information content (AvgIpc) is 2.71. The molecule has 3 nitrogen and oxygen atoms in total. The third kappa shape index (κ3) is 4.37. The molecule has 144 valence electrons. The highest BCUT2D eigenvalue weighted by Crippen LogP contribution is 2.36. The van der Waals surface area contributed by atoms with Crippen LogP contribution in [0.4, 0.5) is 15.8 Å². The molecule has 2 aromatic carbocycles. The zero-order chi connectivity index (χ0) is 18.6. The summed E-state index contributed by atoms with van der Waals surface area (Å²) >= 11 is 0. The van der Waals surface area contributed by atoms with Crippen molar-refractivity contribution in [3.63, 3.8) is 0 Å². The number of nitrogens with zero attached hydrogens (tertiary/aromatic N) is 1. The number of phenols is 1. The van der Waals surface area contributed by atoms with Crippen molar-refractivity contribution < 1.29 is 9.50 Å². The Morgan fingerprint density at radius 2 is 1.81 bits per heavy atom. The molecule has 1 aliphatic carbocycles. The van der Waals surface area contributed by atoms with E-state index in [4.69, 9.17) is 0 Å². The zero-order valence-electron chi connectivity index (χ0n) is 15.8.